The summed E-state index contributed by atoms with van der Waals surface area (Å²) in [6.45, 7) is 9.90. The van der Waals surface area contributed by atoms with Gasteiger partial charge in [0.1, 0.15) is 0 Å². The molecule has 1 aliphatic rings. The van der Waals surface area contributed by atoms with Crippen molar-refractivity contribution in [1.29, 1.82) is 0 Å². The van der Waals surface area contributed by atoms with E-state index < -0.39 is 0 Å². The van der Waals surface area contributed by atoms with Crippen LogP contribution in [0, 0.1) is 12.8 Å². The van der Waals surface area contributed by atoms with Crippen molar-refractivity contribution in [2.45, 2.75) is 46.3 Å². The SMILES string of the molecule is Cc1nnc(CN2CC[C@H](OCCC(C)C)C2)o1. The molecule has 0 bridgehead atoms. The maximum Gasteiger partial charge on any atom is 0.230 e. The van der Waals surface area contributed by atoms with Gasteiger partial charge < -0.3 is 9.15 Å². The zero-order valence-corrected chi connectivity index (χ0v) is 11.6. The first-order valence-corrected chi connectivity index (χ1v) is 6.76. The molecule has 0 aromatic carbocycles. The van der Waals surface area contributed by atoms with E-state index in [2.05, 4.69) is 28.9 Å². The first-order chi connectivity index (χ1) is 8.63. The van der Waals surface area contributed by atoms with E-state index >= 15 is 0 Å². The highest BCUT2D eigenvalue weighted by Gasteiger charge is 2.24. The maximum atomic E-state index is 5.88. The van der Waals surface area contributed by atoms with E-state index in [0.29, 0.717) is 23.8 Å². The summed E-state index contributed by atoms with van der Waals surface area (Å²) < 4.78 is 11.3. The molecule has 0 radical (unpaired) electrons. The Balaban J connectivity index is 1.68. The smallest absolute Gasteiger partial charge is 0.230 e. The predicted molar refractivity (Wildman–Crippen MR) is 68.1 cm³/mol. The number of aryl methyl sites for hydroxylation is 1. The van der Waals surface area contributed by atoms with Gasteiger partial charge in [0.25, 0.3) is 0 Å². The van der Waals surface area contributed by atoms with Crippen LogP contribution in [0.5, 0.6) is 0 Å². The lowest BCUT2D eigenvalue weighted by Crippen LogP contribution is -2.23. The molecule has 1 aliphatic heterocycles. The molecule has 0 saturated carbocycles. The molecule has 1 aromatic heterocycles. The molecule has 2 rings (SSSR count). The first kappa shape index (κ1) is 13.5. The molecule has 18 heavy (non-hydrogen) atoms. The topological polar surface area (TPSA) is 51.4 Å². The number of aromatic nitrogens is 2. The monoisotopic (exact) mass is 253 g/mol. The Kier molecular flexibility index (Phi) is 4.72. The van der Waals surface area contributed by atoms with E-state index in [4.69, 9.17) is 9.15 Å². The zero-order chi connectivity index (χ0) is 13.0. The molecular weight excluding hydrogens is 230 g/mol. The highest BCUT2D eigenvalue weighted by atomic mass is 16.5. The van der Waals surface area contributed by atoms with Crippen molar-refractivity contribution in [3.8, 4) is 0 Å². The Morgan fingerprint density at radius 3 is 2.94 bits per heavy atom. The van der Waals surface area contributed by atoms with Gasteiger partial charge in [-0.05, 0) is 18.8 Å². The highest BCUT2D eigenvalue weighted by molar-refractivity contribution is 4.83. The lowest BCUT2D eigenvalue weighted by Gasteiger charge is -2.14. The second kappa shape index (κ2) is 6.29. The van der Waals surface area contributed by atoms with Gasteiger partial charge >= 0.3 is 0 Å². The van der Waals surface area contributed by atoms with Crippen LogP contribution in [0.25, 0.3) is 0 Å². The van der Waals surface area contributed by atoms with E-state index in [-0.39, 0.29) is 0 Å². The van der Waals surface area contributed by atoms with Crippen LogP contribution in [0.2, 0.25) is 0 Å². The maximum absolute atomic E-state index is 5.88. The molecule has 0 amide bonds. The molecule has 5 heteroatoms. The van der Waals surface area contributed by atoms with Crippen molar-refractivity contribution in [2.75, 3.05) is 19.7 Å². The van der Waals surface area contributed by atoms with Crippen LogP contribution in [0.15, 0.2) is 4.42 Å². The summed E-state index contributed by atoms with van der Waals surface area (Å²) in [6.07, 6.45) is 2.61. The normalized spacial score (nSPS) is 21.0. The highest BCUT2D eigenvalue weighted by Crippen LogP contribution is 2.16. The third kappa shape index (κ3) is 4.07. The van der Waals surface area contributed by atoms with Crippen LogP contribution in [-0.4, -0.2) is 40.9 Å². The van der Waals surface area contributed by atoms with Crippen LogP contribution in [0.1, 0.15) is 38.5 Å². The molecule has 0 spiro atoms. The summed E-state index contributed by atoms with van der Waals surface area (Å²) >= 11 is 0. The van der Waals surface area contributed by atoms with Crippen molar-refractivity contribution in [3.63, 3.8) is 0 Å². The Labute approximate surface area is 109 Å². The van der Waals surface area contributed by atoms with Crippen molar-refractivity contribution in [2.24, 2.45) is 5.92 Å². The summed E-state index contributed by atoms with van der Waals surface area (Å²) in [5.41, 5.74) is 0. The van der Waals surface area contributed by atoms with Gasteiger partial charge in [0, 0.05) is 26.6 Å². The van der Waals surface area contributed by atoms with Crippen LogP contribution < -0.4 is 0 Å². The fourth-order valence-corrected chi connectivity index (χ4v) is 2.14. The van der Waals surface area contributed by atoms with E-state index in [0.717, 1.165) is 39.1 Å². The van der Waals surface area contributed by atoms with Gasteiger partial charge in [0.05, 0.1) is 12.6 Å². The van der Waals surface area contributed by atoms with E-state index in [1.165, 1.54) is 0 Å². The fraction of sp³-hybridized carbons (Fsp3) is 0.846. The molecule has 1 atom stereocenters. The van der Waals surface area contributed by atoms with E-state index in [1.807, 2.05) is 6.92 Å². The Hall–Kier alpha value is -0.940. The molecule has 0 aliphatic carbocycles. The Morgan fingerprint density at radius 1 is 1.44 bits per heavy atom. The second-order valence-electron chi connectivity index (χ2n) is 5.41. The molecule has 0 unspecified atom stereocenters. The van der Waals surface area contributed by atoms with Crippen molar-refractivity contribution in [3.05, 3.63) is 11.8 Å². The van der Waals surface area contributed by atoms with Gasteiger partial charge in [-0.3, -0.25) is 4.90 Å². The average molecular weight is 253 g/mol. The largest absolute Gasteiger partial charge is 0.424 e. The summed E-state index contributed by atoms with van der Waals surface area (Å²) in [4.78, 5) is 2.31. The Morgan fingerprint density at radius 2 is 2.28 bits per heavy atom. The number of hydrogen-bond donors (Lipinski definition) is 0. The molecule has 0 N–H and O–H groups in total. The molecule has 1 saturated heterocycles. The van der Waals surface area contributed by atoms with Gasteiger partial charge in [0.15, 0.2) is 0 Å². The van der Waals surface area contributed by atoms with Gasteiger partial charge in [-0.2, -0.15) is 0 Å². The summed E-state index contributed by atoms with van der Waals surface area (Å²) in [5, 5.41) is 7.86. The first-order valence-electron chi connectivity index (χ1n) is 6.76. The number of hydrogen-bond acceptors (Lipinski definition) is 5. The molecule has 1 aromatic rings. The minimum absolute atomic E-state index is 0.368. The molecule has 5 nitrogen and oxygen atoms in total. The minimum atomic E-state index is 0.368. The summed E-state index contributed by atoms with van der Waals surface area (Å²) in [6, 6.07) is 0. The quantitative estimate of drug-likeness (QED) is 0.776. The van der Waals surface area contributed by atoms with Crippen molar-refractivity contribution >= 4 is 0 Å². The van der Waals surface area contributed by atoms with Gasteiger partial charge in [-0.15, -0.1) is 10.2 Å². The van der Waals surface area contributed by atoms with E-state index in [9.17, 15) is 0 Å². The lowest BCUT2D eigenvalue weighted by molar-refractivity contribution is 0.0512. The fourth-order valence-electron chi connectivity index (χ4n) is 2.14. The van der Waals surface area contributed by atoms with E-state index in [1.54, 1.807) is 0 Å². The third-order valence-electron chi connectivity index (χ3n) is 3.20. The standard InChI is InChI=1S/C13H23N3O2/c1-10(2)5-7-17-12-4-6-16(8-12)9-13-15-14-11(3)18-13/h10,12H,4-9H2,1-3H3/t12-/m0/s1. The average Bonchev–Trinajstić information content (AvgIpc) is 2.89. The van der Waals surface area contributed by atoms with Crippen molar-refractivity contribution in [1.82, 2.24) is 15.1 Å². The number of rotatable bonds is 6. The summed E-state index contributed by atoms with van der Waals surface area (Å²) in [5.74, 6) is 2.05. The molecule has 1 fully saturated rings. The lowest BCUT2D eigenvalue weighted by atomic mass is 10.1. The minimum Gasteiger partial charge on any atom is -0.424 e. The molecule has 102 valence electrons. The Bertz CT molecular complexity index is 365. The number of ether oxygens (including phenoxy) is 1. The molecule has 2 heterocycles. The van der Waals surface area contributed by atoms with Crippen LogP contribution in [0.3, 0.4) is 0 Å². The third-order valence-corrected chi connectivity index (χ3v) is 3.20. The van der Waals surface area contributed by atoms with Crippen LogP contribution in [-0.2, 0) is 11.3 Å². The van der Waals surface area contributed by atoms with Crippen LogP contribution in [0.4, 0.5) is 0 Å². The van der Waals surface area contributed by atoms with Gasteiger partial charge in [-0.1, -0.05) is 13.8 Å². The number of nitrogens with zero attached hydrogens (tertiary/aromatic N) is 3. The zero-order valence-electron chi connectivity index (χ0n) is 11.6. The van der Waals surface area contributed by atoms with Gasteiger partial charge in [0.2, 0.25) is 11.8 Å². The number of likely N-dealkylation sites (tertiary alicyclic amines) is 1. The second-order valence-corrected chi connectivity index (χ2v) is 5.41. The van der Waals surface area contributed by atoms with Crippen LogP contribution >= 0.6 is 0 Å². The predicted octanol–water partition coefficient (Wildman–Crippen LogP) is 2.02. The van der Waals surface area contributed by atoms with Gasteiger partial charge in [-0.25, -0.2) is 0 Å². The molecular formula is C13H23N3O2. The summed E-state index contributed by atoms with van der Waals surface area (Å²) in [7, 11) is 0. The van der Waals surface area contributed by atoms with Crippen molar-refractivity contribution < 1.29 is 9.15 Å².